The molecule has 0 aliphatic heterocycles. The summed E-state index contributed by atoms with van der Waals surface area (Å²) in [5.74, 6) is 1.39. The minimum atomic E-state index is -0.119. The number of anilines is 2. The molecule has 0 saturated carbocycles. The van der Waals surface area contributed by atoms with E-state index in [0.717, 1.165) is 28.2 Å². The van der Waals surface area contributed by atoms with Crippen LogP contribution in [0.15, 0.2) is 66.7 Å². The molecule has 3 aromatic rings. The van der Waals surface area contributed by atoms with Crippen molar-refractivity contribution in [1.82, 2.24) is 0 Å². The van der Waals surface area contributed by atoms with E-state index >= 15 is 0 Å². The second-order valence-corrected chi connectivity index (χ2v) is 5.83. The fourth-order valence-electron chi connectivity index (χ4n) is 3.03. The second-order valence-electron chi connectivity index (χ2n) is 5.83. The van der Waals surface area contributed by atoms with E-state index in [2.05, 4.69) is 12.1 Å². The number of ether oxygens (including phenoxy) is 2. The molecule has 0 amide bonds. The van der Waals surface area contributed by atoms with Crippen LogP contribution >= 0.6 is 0 Å². The van der Waals surface area contributed by atoms with E-state index in [1.807, 2.05) is 54.6 Å². The molecule has 0 radical (unpaired) electrons. The first kappa shape index (κ1) is 16.7. The van der Waals surface area contributed by atoms with Crippen LogP contribution in [-0.4, -0.2) is 14.2 Å². The van der Waals surface area contributed by atoms with Gasteiger partial charge in [0.05, 0.1) is 14.2 Å². The van der Waals surface area contributed by atoms with Crippen molar-refractivity contribution < 1.29 is 9.47 Å². The van der Waals surface area contributed by atoms with E-state index in [1.165, 1.54) is 0 Å². The molecule has 25 heavy (non-hydrogen) atoms. The van der Waals surface area contributed by atoms with Gasteiger partial charge in [-0.25, -0.2) is 0 Å². The smallest absolute Gasteiger partial charge is 0.119 e. The zero-order valence-corrected chi connectivity index (χ0v) is 14.4. The summed E-state index contributed by atoms with van der Waals surface area (Å²) in [5.41, 5.74) is 17.0. The quantitative estimate of drug-likeness (QED) is 0.545. The van der Waals surface area contributed by atoms with E-state index in [0.29, 0.717) is 11.4 Å². The zero-order chi connectivity index (χ0) is 17.8. The Labute approximate surface area is 148 Å². The predicted molar refractivity (Wildman–Crippen MR) is 102 cm³/mol. The van der Waals surface area contributed by atoms with Crippen molar-refractivity contribution in [1.29, 1.82) is 0 Å². The summed E-state index contributed by atoms with van der Waals surface area (Å²) in [6, 6.07) is 21.5. The first-order valence-electron chi connectivity index (χ1n) is 8.05. The van der Waals surface area contributed by atoms with Crippen LogP contribution in [0.1, 0.15) is 22.6 Å². The van der Waals surface area contributed by atoms with Crippen LogP contribution in [0.3, 0.4) is 0 Å². The summed E-state index contributed by atoms with van der Waals surface area (Å²) >= 11 is 0. The Morgan fingerprint density at radius 1 is 0.680 bits per heavy atom. The number of methoxy groups -OCH3 is 2. The fourth-order valence-corrected chi connectivity index (χ4v) is 3.03. The van der Waals surface area contributed by atoms with Crippen molar-refractivity contribution in [3.05, 3.63) is 83.4 Å². The Morgan fingerprint density at radius 2 is 1.16 bits per heavy atom. The van der Waals surface area contributed by atoms with Crippen molar-refractivity contribution in [2.24, 2.45) is 0 Å². The highest BCUT2D eigenvalue weighted by atomic mass is 16.5. The lowest BCUT2D eigenvalue weighted by atomic mass is 9.83. The van der Waals surface area contributed by atoms with Gasteiger partial charge < -0.3 is 20.9 Å². The van der Waals surface area contributed by atoms with Crippen LogP contribution < -0.4 is 20.9 Å². The third kappa shape index (κ3) is 3.38. The van der Waals surface area contributed by atoms with Crippen molar-refractivity contribution in [2.45, 2.75) is 5.92 Å². The molecule has 0 aliphatic carbocycles. The maximum absolute atomic E-state index is 6.31. The highest BCUT2D eigenvalue weighted by molar-refractivity contribution is 5.64. The van der Waals surface area contributed by atoms with E-state index in [1.54, 1.807) is 14.2 Å². The van der Waals surface area contributed by atoms with Gasteiger partial charge in [0.15, 0.2) is 0 Å². The van der Waals surface area contributed by atoms with Crippen LogP contribution in [0.25, 0.3) is 0 Å². The molecule has 0 heterocycles. The molecule has 3 aromatic carbocycles. The van der Waals surface area contributed by atoms with Crippen LogP contribution in [0, 0.1) is 0 Å². The van der Waals surface area contributed by atoms with Crippen LogP contribution in [0.5, 0.6) is 11.5 Å². The minimum Gasteiger partial charge on any atom is -0.497 e. The molecule has 0 aromatic heterocycles. The maximum Gasteiger partial charge on any atom is 0.119 e. The molecule has 4 nitrogen and oxygen atoms in total. The highest BCUT2D eigenvalue weighted by Crippen LogP contribution is 2.40. The van der Waals surface area contributed by atoms with Gasteiger partial charge in [0.2, 0.25) is 0 Å². The first-order chi connectivity index (χ1) is 12.1. The number of nitrogen functional groups attached to an aromatic ring is 2. The number of nitrogens with two attached hydrogens (primary N) is 2. The molecular formula is C21H22N2O2. The molecule has 0 fully saturated rings. The van der Waals surface area contributed by atoms with Crippen molar-refractivity contribution in [3.63, 3.8) is 0 Å². The highest BCUT2D eigenvalue weighted by Gasteiger charge is 2.22. The molecule has 0 bridgehead atoms. The molecule has 128 valence electrons. The number of benzene rings is 3. The average molecular weight is 334 g/mol. The largest absolute Gasteiger partial charge is 0.497 e. The summed E-state index contributed by atoms with van der Waals surface area (Å²) in [7, 11) is 3.29. The third-order valence-electron chi connectivity index (χ3n) is 4.34. The molecular weight excluding hydrogens is 312 g/mol. The molecule has 0 unspecified atom stereocenters. The molecule has 0 aliphatic rings. The van der Waals surface area contributed by atoms with E-state index < -0.39 is 0 Å². The number of hydrogen-bond donors (Lipinski definition) is 2. The van der Waals surface area contributed by atoms with Crippen molar-refractivity contribution in [2.75, 3.05) is 25.7 Å². The number of hydrogen-bond acceptors (Lipinski definition) is 4. The molecule has 0 spiro atoms. The van der Waals surface area contributed by atoms with Gasteiger partial charge in [-0.2, -0.15) is 0 Å². The van der Waals surface area contributed by atoms with Crippen molar-refractivity contribution >= 4 is 11.4 Å². The maximum atomic E-state index is 6.31. The standard InChI is InChI=1S/C21H22N2O2/c1-24-15-8-10-19(22)17(12-15)21(14-6-4-3-5-7-14)18-13-16(25-2)9-11-20(18)23/h3-13,21H,22-23H2,1-2H3. The van der Waals surface area contributed by atoms with Gasteiger partial charge in [0.25, 0.3) is 0 Å². The second kappa shape index (κ2) is 7.18. The minimum absolute atomic E-state index is 0.119. The van der Waals surface area contributed by atoms with Crippen LogP contribution in [0.4, 0.5) is 11.4 Å². The molecule has 0 atom stereocenters. The predicted octanol–water partition coefficient (Wildman–Crippen LogP) is 4.05. The van der Waals surface area contributed by atoms with Gasteiger partial charge in [-0.15, -0.1) is 0 Å². The van der Waals surface area contributed by atoms with E-state index in [4.69, 9.17) is 20.9 Å². The van der Waals surface area contributed by atoms with Gasteiger partial charge in [-0.3, -0.25) is 0 Å². The lowest BCUT2D eigenvalue weighted by molar-refractivity contribution is 0.413. The topological polar surface area (TPSA) is 70.5 Å². The zero-order valence-electron chi connectivity index (χ0n) is 14.4. The van der Waals surface area contributed by atoms with Gasteiger partial charge in [0, 0.05) is 17.3 Å². The Bertz CT molecular complexity index is 810. The summed E-state index contributed by atoms with van der Waals surface area (Å²) in [5, 5.41) is 0. The van der Waals surface area contributed by atoms with E-state index in [9.17, 15) is 0 Å². The molecule has 3 rings (SSSR count). The van der Waals surface area contributed by atoms with Gasteiger partial charge in [0.1, 0.15) is 11.5 Å². The summed E-state index contributed by atoms with van der Waals surface area (Å²) < 4.78 is 10.8. The van der Waals surface area contributed by atoms with Crippen LogP contribution in [0.2, 0.25) is 0 Å². The summed E-state index contributed by atoms with van der Waals surface area (Å²) in [6.07, 6.45) is 0. The average Bonchev–Trinajstić information content (AvgIpc) is 2.66. The Hall–Kier alpha value is -3.14. The Balaban J connectivity index is 2.25. The normalized spacial score (nSPS) is 10.7. The van der Waals surface area contributed by atoms with Crippen LogP contribution in [-0.2, 0) is 0 Å². The molecule has 4 heteroatoms. The lowest BCUT2D eigenvalue weighted by Gasteiger charge is -2.23. The fraction of sp³-hybridized carbons (Fsp3) is 0.143. The molecule has 0 saturated heterocycles. The van der Waals surface area contributed by atoms with Gasteiger partial charge >= 0.3 is 0 Å². The first-order valence-corrected chi connectivity index (χ1v) is 8.05. The van der Waals surface area contributed by atoms with Gasteiger partial charge in [-0.05, 0) is 53.1 Å². The molecule has 4 N–H and O–H groups in total. The van der Waals surface area contributed by atoms with Gasteiger partial charge in [-0.1, -0.05) is 30.3 Å². The lowest BCUT2D eigenvalue weighted by Crippen LogP contribution is -2.09. The Morgan fingerprint density at radius 3 is 1.60 bits per heavy atom. The SMILES string of the molecule is COc1ccc(N)c(C(c2ccccc2)c2cc(OC)ccc2N)c1. The monoisotopic (exact) mass is 334 g/mol. The summed E-state index contributed by atoms with van der Waals surface area (Å²) in [6.45, 7) is 0. The number of rotatable bonds is 5. The van der Waals surface area contributed by atoms with Crippen molar-refractivity contribution in [3.8, 4) is 11.5 Å². The van der Waals surface area contributed by atoms with E-state index in [-0.39, 0.29) is 5.92 Å². The Kier molecular flexibility index (Phi) is 4.80. The summed E-state index contributed by atoms with van der Waals surface area (Å²) in [4.78, 5) is 0. The third-order valence-corrected chi connectivity index (χ3v) is 4.34.